The number of morpholine rings is 1. The fraction of sp³-hybridized carbons (Fsp3) is 0.571. The molecule has 3 N–H and O–H groups in total. The number of primary amides is 1. The molecule has 1 saturated heterocycles. The van der Waals surface area contributed by atoms with Crippen LogP contribution in [0, 0.1) is 0 Å². The third-order valence-electron chi connectivity index (χ3n) is 3.86. The maximum Gasteiger partial charge on any atom is 0.250 e. The van der Waals surface area contributed by atoms with Crippen LogP contribution in [0.15, 0.2) is 12.3 Å². The molecule has 2 fully saturated rings. The molecular formula is C14H19ClN4O2. The molecule has 2 aliphatic rings. The summed E-state index contributed by atoms with van der Waals surface area (Å²) >= 11 is 6.10. The van der Waals surface area contributed by atoms with Gasteiger partial charge in [-0.25, -0.2) is 4.98 Å². The lowest BCUT2D eigenvalue weighted by molar-refractivity contribution is -0.0241. The lowest BCUT2D eigenvalue weighted by atomic mass is 10.2. The summed E-state index contributed by atoms with van der Waals surface area (Å²) in [5.41, 5.74) is 5.49. The van der Waals surface area contributed by atoms with Gasteiger partial charge in [-0.05, 0) is 18.9 Å². The van der Waals surface area contributed by atoms with Crippen molar-refractivity contribution in [1.29, 1.82) is 0 Å². The van der Waals surface area contributed by atoms with E-state index in [-0.39, 0.29) is 6.10 Å². The van der Waals surface area contributed by atoms with Crippen LogP contribution in [0.2, 0.25) is 5.02 Å². The second kappa shape index (κ2) is 6.17. The van der Waals surface area contributed by atoms with E-state index >= 15 is 0 Å². The molecule has 21 heavy (non-hydrogen) atoms. The molecule has 1 aliphatic carbocycles. The van der Waals surface area contributed by atoms with Gasteiger partial charge in [0.1, 0.15) is 5.82 Å². The number of ether oxygens (including phenoxy) is 1. The van der Waals surface area contributed by atoms with Gasteiger partial charge in [0.25, 0.3) is 0 Å². The van der Waals surface area contributed by atoms with E-state index in [2.05, 4.69) is 15.2 Å². The van der Waals surface area contributed by atoms with Crippen molar-refractivity contribution in [3.63, 3.8) is 0 Å². The highest BCUT2D eigenvalue weighted by Crippen LogP contribution is 2.28. The first-order valence-electron chi connectivity index (χ1n) is 7.18. The normalized spacial score (nSPS) is 23.0. The van der Waals surface area contributed by atoms with Gasteiger partial charge in [0.2, 0.25) is 5.91 Å². The first kappa shape index (κ1) is 14.6. The van der Waals surface area contributed by atoms with Gasteiger partial charge in [-0.3, -0.25) is 9.69 Å². The van der Waals surface area contributed by atoms with Gasteiger partial charge in [-0.2, -0.15) is 0 Å². The number of hydrogen-bond donors (Lipinski definition) is 2. The monoisotopic (exact) mass is 310 g/mol. The number of aromatic nitrogens is 1. The minimum absolute atomic E-state index is 0.132. The average Bonchev–Trinajstić information content (AvgIpc) is 3.31. The van der Waals surface area contributed by atoms with E-state index in [4.69, 9.17) is 22.1 Å². The van der Waals surface area contributed by atoms with E-state index in [1.807, 2.05) is 0 Å². The molecule has 6 nitrogen and oxygen atoms in total. The highest BCUT2D eigenvalue weighted by molar-refractivity contribution is 6.33. The Morgan fingerprint density at radius 1 is 1.57 bits per heavy atom. The molecular weight excluding hydrogens is 292 g/mol. The van der Waals surface area contributed by atoms with E-state index in [0.29, 0.717) is 22.9 Å². The zero-order valence-corrected chi connectivity index (χ0v) is 12.5. The Bertz CT molecular complexity index is 536. The van der Waals surface area contributed by atoms with Crippen molar-refractivity contribution in [2.75, 3.05) is 31.6 Å². The molecule has 0 bridgehead atoms. The van der Waals surface area contributed by atoms with Crippen molar-refractivity contribution < 1.29 is 9.53 Å². The number of anilines is 1. The Morgan fingerprint density at radius 3 is 3.05 bits per heavy atom. The SMILES string of the molecule is NC(=O)c1cnc(NCC2CN(C3CC3)CCO2)c(Cl)c1. The lowest BCUT2D eigenvalue weighted by Gasteiger charge is -2.33. The third-order valence-corrected chi connectivity index (χ3v) is 4.14. The van der Waals surface area contributed by atoms with E-state index in [0.717, 1.165) is 25.7 Å². The fourth-order valence-corrected chi connectivity index (χ4v) is 2.78. The number of nitrogens with zero attached hydrogens (tertiary/aromatic N) is 2. The van der Waals surface area contributed by atoms with Crippen molar-refractivity contribution in [2.45, 2.75) is 25.0 Å². The molecule has 0 spiro atoms. The van der Waals surface area contributed by atoms with E-state index in [1.54, 1.807) is 0 Å². The van der Waals surface area contributed by atoms with Gasteiger partial charge in [0.05, 0.1) is 23.3 Å². The number of halogens is 1. The molecule has 114 valence electrons. The molecule has 2 heterocycles. The second-order valence-electron chi connectivity index (χ2n) is 5.52. The quantitative estimate of drug-likeness (QED) is 0.851. The summed E-state index contributed by atoms with van der Waals surface area (Å²) in [6.45, 7) is 3.37. The Labute approximate surface area is 128 Å². The lowest BCUT2D eigenvalue weighted by Crippen LogP contribution is -2.46. The summed E-state index contributed by atoms with van der Waals surface area (Å²) in [6, 6.07) is 2.28. The summed E-state index contributed by atoms with van der Waals surface area (Å²) < 4.78 is 5.76. The first-order valence-corrected chi connectivity index (χ1v) is 7.56. The van der Waals surface area contributed by atoms with Crippen LogP contribution in [0.5, 0.6) is 0 Å². The molecule has 0 aromatic carbocycles. The number of pyridine rings is 1. The molecule has 1 aromatic rings. The minimum atomic E-state index is -0.536. The fourth-order valence-electron chi connectivity index (χ4n) is 2.55. The Kier molecular flexibility index (Phi) is 4.28. The van der Waals surface area contributed by atoms with E-state index < -0.39 is 5.91 Å². The first-order chi connectivity index (χ1) is 10.1. The van der Waals surface area contributed by atoms with Crippen molar-refractivity contribution >= 4 is 23.3 Å². The van der Waals surface area contributed by atoms with Crippen LogP contribution in [0.25, 0.3) is 0 Å². The number of nitrogens with one attached hydrogen (secondary N) is 1. The largest absolute Gasteiger partial charge is 0.374 e. The average molecular weight is 311 g/mol. The topological polar surface area (TPSA) is 80.5 Å². The van der Waals surface area contributed by atoms with Crippen molar-refractivity contribution in [2.24, 2.45) is 5.73 Å². The molecule has 1 aliphatic heterocycles. The second-order valence-corrected chi connectivity index (χ2v) is 5.93. The number of amides is 1. The number of rotatable bonds is 5. The van der Waals surface area contributed by atoms with E-state index in [9.17, 15) is 4.79 Å². The van der Waals surface area contributed by atoms with Gasteiger partial charge in [0.15, 0.2) is 0 Å². The van der Waals surface area contributed by atoms with Crippen molar-refractivity contribution in [3.05, 3.63) is 22.8 Å². The summed E-state index contributed by atoms with van der Waals surface area (Å²) in [6.07, 6.45) is 4.17. The van der Waals surface area contributed by atoms with Crippen LogP contribution in [-0.2, 0) is 4.74 Å². The van der Waals surface area contributed by atoms with Gasteiger partial charge < -0.3 is 15.8 Å². The molecule has 7 heteroatoms. The Balaban J connectivity index is 1.55. The van der Waals surface area contributed by atoms with Crippen LogP contribution in [0.4, 0.5) is 5.82 Å². The van der Waals surface area contributed by atoms with Crippen LogP contribution < -0.4 is 11.1 Å². The highest BCUT2D eigenvalue weighted by atomic mass is 35.5. The third kappa shape index (κ3) is 3.64. The number of nitrogens with two attached hydrogens (primary N) is 1. The number of carbonyl (C=O) groups excluding carboxylic acids is 1. The van der Waals surface area contributed by atoms with Crippen molar-refractivity contribution in [1.82, 2.24) is 9.88 Å². The Hall–Kier alpha value is -1.37. The summed E-state index contributed by atoms with van der Waals surface area (Å²) in [7, 11) is 0. The predicted molar refractivity (Wildman–Crippen MR) is 80.6 cm³/mol. The smallest absolute Gasteiger partial charge is 0.250 e. The van der Waals surface area contributed by atoms with Crippen LogP contribution in [0.3, 0.4) is 0 Å². The molecule has 3 rings (SSSR count). The summed E-state index contributed by atoms with van der Waals surface area (Å²) in [5.74, 6) is 0.0143. The van der Waals surface area contributed by atoms with Gasteiger partial charge in [-0.15, -0.1) is 0 Å². The van der Waals surface area contributed by atoms with Gasteiger partial charge >= 0.3 is 0 Å². The Morgan fingerprint density at radius 2 is 2.38 bits per heavy atom. The van der Waals surface area contributed by atoms with E-state index in [1.165, 1.54) is 25.1 Å². The van der Waals surface area contributed by atoms with Crippen molar-refractivity contribution in [3.8, 4) is 0 Å². The molecule has 0 radical (unpaired) electrons. The standard InChI is InChI=1S/C14H19ClN4O2/c15-12-5-9(13(16)20)6-17-14(12)18-7-11-8-19(3-4-21-11)10-1-2-10/h5-6,10-11H,1-4,7-8H2,(H2,16,20)(H,17,18). The molecule has 1 atom stereocenters. The zero-order valence-electron chi connectivity index (χ0n) is 11.7. The van der Waals surface area contributed by atoms with Gasteiger partial charge in [-0.1, -0.05) is 11.6 Å². The molecule has 1 unspecified atom stereocenters. The number of carbonyl (C=O) groups is 1. The maximum atomic E-state index is 11.1. The number of hydrogen-bond acceptors (Lipinski definition) is 5. The van der Waals surface area contributed by atoms with Gasteiger partial charge in [0, 0.05) is 31.9 Å². The molecule has 1 saturated carbocycles. The minimum Gasteiger partial charge on any atom is -0.374 e. The van der Waals surface area contributed by atoms with Crippen LogP contribution in [-0.4, -0.2) is 54.2 Å². The summed E-state index contributed by atoms with van der Waals surface area (Å²) in [4.78, 5) is 17.7. The summed E-state index contributed by atoms with van der Waals surface area (Å²) in [5, 5.41) is 3.57. The molecule has 1 amide bonds. The predicted octanol–water partition coefficient (Wildman–Crippen LogP) is 1.11. The maximum absolute atomic E-state index is 11.1. The van der Waals surface area contributed by atoms with Crippen LogP contribution >= 0.6 is 11.6 Å². The zero-order chi connectivity index (χ0) is 14.8. The highest BCUT2D eigenvalue weighted by Gasteiger charge is 2.32. The molecule has 1 aromatic heterocycles. The van der Waals surface area contributed by atoms with Crippen LogP contribution in [0.1, 0.15) is 23.2 Å².